The molecule has 94 valence electrons. The third kappa shape index (κ3) is 3.00. The highest BCUT2D eigenvalue weighted by molar-refractivity contribution is 7.16. The Labute approximate surface area is 111 Å². The monoisotopic (exact) mass is 272 g/mol. The van der Waals surface area contributed by atoms with Crippen LogP contribution in [0.2, 0.25) is 4.34 Å². The number of hydrogen-bond donors (Lipinski definition) is 1. The van der Waals surface area contributed by atoms with Crippen molar-refractivity contribution < 1.29 is 4.79 Å². The molecular weight excluding hydrogens is 256 g/mol. The Morgan fingerprint density at radius 1 is 1.59 bits per heavy atom. The van der Waals surface area contributed by atoms with Gasteiger partial charge >= 0.3 is 0 Å². The summed E-state index contributed by atoms with van der Waals surface area (Å²) in [5.41, 5.74) is 5.95. The average molecular weight is 273 g/mol. The summed E-state index contributed by atoms with van der Waals surface area (Å²) in [5.74, 6) is 0.176. The van der Waals surface area contributed by atoms with Crippen molar-refractivity contribution in [2.24, 2.45) is 11.7 Å². The number of hydrogen-bond acceptors (Lipinski definition) is 3. The molecule has 1 aliphatic carbocycles. The van der Waals surface area contributed by atoms with Gasteiger partial charge in [0.15, 0.2) is 0 Å². The molecule has 0 aromatic carbocycles. The van der Waals surface area contributed by atoms with E-state index in [0.717, 1.165) is 28.5 Å². The number of halogens is 1. The zero-order valence-corrected chi connectivity index (χ0v) is 11.4. The molecule has 1 amide bonds. The highest BCUT2D eigenvalue weighted by atomic mass is 35.5. The van der Waals surface area contributed by atoms with E-state index in [-0.39, 0.29) is 17.9 Å². The Morgan fingerprint density at radius 2 is 2.35 bits per heavy atom. The smallest absolute Gasteiger partial charge is 0.227 e. The lowest BCUT2D eigenvalue weighted by Gasteiger charge is -2.22. The molecule has 1 heterocycles. The third-order valence-electron chi connectivity index (χ3n) is 3.28. The molecule has 1 saturated carbocycles. The highest BCUT2D eigenvalue weighted by Gasteiger charge is 2.32. The Kier molecular flexibility index (Phi) is 4.07. The van der Waals surface area contributed by atoms with E-state index in [9.17, 15) is 4.79 Å². The van der Waals surface area contributed by atoms with Crippen LogP contribution in [-0.2, 0) is 11.3 Å². The molecule has 5 heteroatoms. The summed E-state index contributed by atoms with van der Waals surface area (Å²) < 4.78 is 0.762. The molecule has 1 aromatic rings. The molecule has 0 spiro atoms. The summed E-state index contributed by atoms with van der Waals surface area (Å²) in [4.78, 5) is 15.1. The zero-order chi connectivity index (χ0) is 12.4. The second kappa shape index (κ2) is 5.38. The molecule has 0 saturated heterocycles. The summed E-state index contributed by atoms with van der Waals surface area (Å²) in [5, 5.41) is 0. The van der Waals surface area contributed by atoms with Crippen molar-refractivity contribution in [3.63, 3.8) is 0 Å². The molecule has 2 atom stereocenters. The normalized spacial score (nSPS) is 23.9. The minimum atomic E-state index is 0.00966. The van der Waals surface area contributed by atoms with Crippen molar-refractivity contribution in [3.8, 4) is 0 Å². The van der Waals surface area contributed by atoms with Crippen molar-refractivity contribution in [2.45, 2.75) is 31.8 Å². The van der Waals surface area contributed by atoms with Crippen LogP contribution in [0, 0.1) is 5.92 Å². The average Bonchev–Trinajstić information content (AvgIpc) is 2.86. The molecule has 17 heavy (non-hydrogen) atoms. The Bertz CT molecular complexity index is 407. The molecule has 1 fully saturated rings. The van der Waals surface area contributed by atoms with E-state index >= 15 is 0 Å². The number of amides is 1. The van der Waals surface area contributed by atoms with Gasteiger partial charge in [-0.1, -0.05) is 18.0 Å². The summed E-state index contributed by atoms with van der Waals surface area (Å²) in [7, 11) is 1.83. The fourth-order valence-electron chi connectivity index (χ4n) is 2.33. The molecule has 1 aliphatic rings. The number of rotatable bonds is 3. The third-order valence-corrected chi connectivity index (χ3v) is 4.50. The molecular formula is C12H17ClN2OS. The topological polar surface area (TPSA) is 46.3 Å². The molecule has 2 unspecified atom stereocenters. The van der Waals surface area contributed by atoms with Crippen LogP contribution in [-0.4, -0.2) is 23.9 Å². The lowest BCUT2D eigenvalue weighted by molar-refractivity contribution is -0.134. The molecule has 2 N–H and O–H groups in total. The van der Waals surface area contributed by atoms with Crippen LogP contribution in [0.3, 0.4) is 0 Å². The zero-order valence-electron chi connectivity index (χ0n) is 9.86. The Hall–Kier alpha value is -0.580. The standard InChI is InChI=1S/C12H17ClN2OS/c1-15(7-8-5-6-11(13)17-8)12(16)9-3-2-4-10(9)14/h5-6,9-10H,2-4,7,14H2,1H3. The Balaban J connectivity index is 1.95. The predicted octanol–water partition coefficient (Wildman–Crippen LogP) is 2.49. The van der Waals surface area contributed by atoms with Gasteiger partial charge in [-0.25, -0.2) is 0 Å². The Morgan fingerprint density at radius 3 is 2.88 bits per heavy atom. The van der Waals surface area contributed by atoms with Gasteiger partial charge in [0.05, 0.1) is 16.8 Å². The predicted molar refractivity (Wildman–Crippen MR) is 71.1 cm³/mol. The molecule has 0 radical (unpaired) electrons. The first kappa shape index (κ1) is 12.9. The first-order valence-electron chi connectivity index (χ1n) is 5.82. The maximum absolute atomic E-state index is 12.2. The SMILES string of the molecule is CN(Cc1ccc(Cl)s1)C(=O)C1CCCC1N. The maximum Gasteiger partial charge on any atom is 0.227 e. The number of nitrogens with zero attached hydrogens (tertiary/aromatic N) is 1. The molecule has 0 aliphatic heterocycles. The molecule has 1 aromatic heterocycles. The largest absolute Gasteiger partial charge is 0.340 e. The van der Waals surface area contributed by atoms with Gasteiger partial charge in [0, 0.05) is 18.0 Å². The lowest BCUT2D eigenvalue weighted by atomic mass is 10.0. The van der Waals surface area contributed by atoms with Crippen molar-refractivity contribution >= 4 is 28.8 Å². The number of carbonyl (C=O) groups excluding carboxylic acids is 1. The lowest BCUT2D eigenvalue weighted by Crippen LogP contribution is -2.39. The fourth-order valence-corrected chi connectivity index (χ4v) is 3.47. The summed E-state index contributed by atoms with van der Waals surface area (Å²) in [6.45, 7) is 0.624. The number of thiophene rings is 1. The quantitative estimate of drug-likeness (QED) is 0.919. The van der Waals surface area contributed by atoms with Gasteiger partial charge in [-0.15, -0.1) is 11.3 Å². The summed E-state index contributed by atoms with van der Waals surface area (Å²) >= 11 is 7.39. The molecule has 2 rings (SSSR count). The van der Waals surface area contributed by atoms with Crippen LogP contribution in [0.15, 0.2) is 12.1 Å². The van der Waals surface area contributed by atoms with Crippen molar-refractivity contribution in [3.05, 3.63) is 21.3 Å². The minimum Gasteiger partial charge on any atom is -0.340 e. The van der Waals surface area contributed by atoms with E-state index in [4.69, 9.17) is 17.3 Å². The van der Waals surface area contributed by atoms with Crippen LogP contribution in [0.25, 0.3) is 0 Å². The van der Waals surface area contributed by atoms with Gasteiger partial charge in [0.25, 0.3) is 0 Å². The van der Waals surface area contributed by atoms with Crippen LogP contribution >= 0.6 is 22.9 Å². The van der Waals surface area contributed by atoms with Crippen LogP contribution in [0.4, 0.5) is 0 Å². The van der Waals surface area contributed by atoms with E-state index in [1.54, 1.807) is 4.90 Å². The summed E-state index contributed by atoms with van der Waals surface area (Å²) in [6, 6.07) is 3.86. The van der Waals surface area contributed by atoms with Gasteiger partial charge in [0.2, 0.25) is 5.91 Å². The number of carbonyl (C=O) groups is 1. The van der Waals surface area contributed by atoms with Gasteiger partial charge in [0.1, 0.15) is 0 Å². The summed E-state index contributed by atoms with van der Waals surface area (Å²) in [6.07, 6.45) is 2.96. The van der Waals surface area contributed by atoms with E-state index in [1.807, 2.05) is 19.2 Å². The molecule has 3 nitrogen and oxygen atoms in total. The van der Waals surface area contributed by atoms with E-state index in [0.29, 0.717) is 6.54 Å². The fraction of sp³-hybridized carbons (Fsp3) is 0.583. The first-order valence-corrected chi connectivity index (χ1v) is 7.02. The van der Waals surface area contributed by atoms with Crippen LogP contribution in [0.1, 0.15) is 24.1 Å². The van der Waals surface area contributed by atoms with Crippen molar-refractivity contribution in [2.75, 3.05) is 7.05 Å². The van der Waals surface area contributed by atoms with E-state index in [2.05, 4.69) is 0 Å². The minimum absolute atomic E-state index is 0.00966. The first-order chi connectivity index (χ1) is 8.08. The van der Waals surface area contributed by atoms with Gasteiger partial charge < -0.3 is 10.6 Å². The molecule has 0 bridgehead atoms. The van der Waals surface area contributed by atoms with Crippen LogP contribution in [0.5, 0.6) is 0 Å². The van der Waals surface area contributed by atoms with E-state index < -0.39 is 0 Å². The van der Waals surface area contributed by atoms with Gasteiger partial charge in [-0.2, -0.15) is 0 Å². The second-order valence-electron chi connectivity index (χ2n) is 4.60. The van der Waals surface area contributed by atoms with Gasteiger partial charge in [-0.05, 0) is 25.0 Å². The number of nitrogens with two attached hydrogens (primary N) is 1. The van der Waals surface area contributed by atoms with Crippen molar-refractivity contribution in [1.82, 2.24) is 4.90 Å². The highest BCUT2D eigenvalue weighted by Crippen LogP contribution is 2.27. The van der Waals surface area contributed by atoms with Crippen molar-refractivity contribution in [1.29, 1.82) is 0 Å². The van der Waals surface area contributed by atoms with Crippen LogP contribution < -0.4 is 5.73 Å². The van der Waals surface area contributed by atoms with Gasteiger partial charge in [-0.3, -0.25) is 4.79 Å². The second-order valence-corrected chi connectivity index (χ2v) is 6.40. The maximum atomic E-state index is 12.2. The van der Waals surface area contributed by atoms with E-state index in [1.165, 1.54) is 11.3 Å².